The molecule has 0 aliphatic carbocycles. The number of hydrogen-bond donors (Lipinski definition) is 1. The molecule has 0 aromatic carbocycles. The van der Waals surface area contributed by atoms with Crippen LogP contribution in [0.5, 0.6) is 0 Å². The Morgan fingerprint density at radius 1 is 1.64 bits per heavy atom. The molecule has 1 atom stereocenters. The fourth-order valence-electron chi connectivity index (χ4n) is 1.00. The van der Waals surface area contributed by atoms with E-state index in [2.05, 4.69) is 24.1 Å². The lowest BCUT2D eigenvalue weighted by atomic mass is 10.4. The van der Waals surface area contributed by atoms with Crippen LogP contribution < -0.4 is 5.32 Å². The highest BCUT2D eigenvalue weighted by Crippen LogP contribution is 2.22. The van der Waals surface area contributed by atoms with Crippen molar-refractivity contribution in [1.82, 2.24) is 10.3 Å². The fourth-order valence-corrected chi connectivity index (χ4v) is 2.91. The lowest BCUT2D eigenvalue weighted by molar-refractivity contribution is 0.829. The largest absolute Gasteiger partial charge is 0.315 e. The summed E-state index contributed by atoms with van der Waals surface area (Å²) in [6.07, 6.45) is 3.22. The van der Waals surface area contributed by atoms with Gasteiger partial charge in [-0.25, -0.2) is 4.98 Å². The standard InChI is InChI=1S/C10H18N2S2/c1-4-8(2)13-7-10-12-6-9(14-10)5-11-3/h6,8,11H,4-5,7H2,1-3H3. The monoisotopic (exact) mass is 230 g/mol. The van der Waals surface area contributed by atoms with Gasteiger partial charge in [-0.3, -0.25) is 0 Å². The maximum atomic E-state index is 4.40. The Morgan fingerprint density at radius 2 is 2.43 bits per heavy atom. The third-order valence-electron chi connectivity index (χ3n) is 2.02. The van der Waals surface area contributed by atoms with E-state index in [0.29, 0.717) is 0 Å². The van der Waals surface area contributed by atoms with Gasteiger partial charge >= 0.3 is 0 Å². The van der Waals surface area contributed by atoms with Gasteiger partial charge in [0, 0.05) is 28.6 Å². The minimum Gasteiger partial charge on any atom is -0.315 e. The SMILES string of the molecule is CCC(C)SCc1ncc(CNC)s1. The molecule has 0 radical (unpaired) electrons. The molecular weight excluding hydrogens is 212 g/mol. The summed E-state index contributed by atoms with van der Waals surface area (Å²) in [5, 5.41) is 5.13. The van der Waals surface area contributed by atoms with Gasteiger partial charge in [0.1, 0.15) is 5.01 Å². The number of aromatic nitrogens is 1. The van der Waals surface area contributed by atoms with Gasteiger partial charge in [0.25, 0.3) is 0 Å². The maximum absolute atomic E-state index is 4.40. The van der Waals surface area contributed by atoms with Crippen LogP contribution in [0.15, 0.2) is 6.20 Å². The van der Waals surface area contributed by atoms with Crippen LogP contribution in [0.1, 0.15) is 30.2 Å². The second-order valence-electron chi connectivity index (χ2n) is 3.28. The number of thiazole rings is 1. The molecule has 0 bridgehead atoms. The molecule has 1 rings (SSSR count). The number of nitrogens with one attached hydrogen (secondary N) is 1. The van der Waals surface area contributed by atoms with Gasteiger partial charge in [0.15, 0.2) is 0 Å². The van der Waals surface area contributed by atoms with Gasteiger partial charge in [0.2, 0.25) is 0 Å². The van der Waals surface area contributed by atoms with Gasteiger partial charge in [-0.1, -0.05) is 13.8 Å². The van der Waals surface area contributed by atoms with Crippen LogP contribution in [0.3, 0.4) is 0 Å². The van der Waals surface area contributed by atoms with Crippen LogP contribution in [0.2, 0.25) is 0 Å². The van der Waals surface area contributed by atoms with Crippen LogP contribution in [-0.4, -0.2) is 17.3 Å². The second kappa shape index (κ2) is 6.43. The van der Waals surface area contributed by atoms with Gasteiger partial charge in [0.05, 0.1) is 0 Å². The molecule has 0 aliphatic heterocycles. The van der Waals surface area contributed by atoms with E-state index in [1.165, 1.54) is 16.3 Å². The molecular formula is C10H18N2S2. The first-order chi connectivity index (χ1) is 6.76. The lowest BCUT2D eigenvalue weighted by Gasteiger charge is -2.05. The first kappa shape index (κ1) is 12.0. The molecule has 1 N–H and O–H groups in total. The molecule has 0 saturated heterocycles. The number of hydrogen-bond acceptors (Lipinski definition) is 4. The first-order valence-electron chi connectivity index (χ1n) is 4.96. The van der Waals surface area contributed by atoms with Gasteiger partial charge in [-0.15, -0.1) is 11.3 Å². The smallest absolute Gasteiger partial charge is 0.103 e. The van der Waals surface area contributed by atoms with Crippen molar-refractivity contribution in [2.24, 2.45) is 0 Å². The van der Waals surface area contributed by atoms with Gasteiger partial charge in [-0.2, -0.15) is 11.8 Å². The molecule has 14 heavy (non-hydrogen) atoms. The Morgan fingerprint density at radius 3 is 3.07 bits per heavy atom. The van der Waals surface area contributed by atoms with Crippen molar-refractivity contribution in [3.8, 4) is 0 Å². The number of nitrogens with zero attached hydrogens (tertiary/aromatic N) is 1. The fraction of sp³-hybridized carbons (Fsp3) is 0.700. The van der Waals surface area contributed by atoms with Crippen LogP contribution in [-0.2, 0) is 12.3 Å². The maximum Gasteiger partial charge on any atom is 0.103 e. The van der Waals surface area contributed by atoms with Crippen molar-refractivity contribution in [3.05, 3.63) is 16.1 Å². The van der Waals surface area contributed by atoms with E-state index < -0.39 is 0 Å². The van der Waals surface area contributed by atoms with E-state index in [0.717, 1.165) is 17.5 Å². The third kappa shape index (κ3) is 3.98. The van der Waals surface area contributed by atoms with Gasteiger partial charge < -0.3 is 5.32 Å². The van der Waals surface area contributed by atoms with Crippen molar-refractivity contribution in [3.63, 3.8) is 0 Å². The van der Waals surface area contributed by atoms with E-state index in [-0.39, 0.29) is 0 Å². The highest BCUT2D eigenvalue weighted by molar-refractivity contribution is 7.99. The summed E-state index contributed by atoms with van der Waals surface area (Å²) in [7, 11) is 1.97. The summed E-state index contributed by atoms with van der Waals surface area (Å²) >= 11 is 3.80. The van der Waals surface area contributed by atoms with Crippen molar-refractivity contribution in [2.45, 2.75) is 37.8 Å². The number of thioether (sulfide) groups is 1. The van der Waals surface area contributed by atoms with E-state index >= 15 is 0 Å². The zero-order valence-corrected chi connectivity index (χ0v) is 10.7. The van der Waals surface area contributed by atoms with Gasteiger partial charge in [-0.05, 0) is 13.5 Å². The van der Waals surface area contributed by atoms with Crippen LogP contribution in [0.25, 0.3) is 0 Å². The Labute approximate surface area is 94.5 Å². The topological polar surface area (TPSA) is 24.9 Å². The van der Waals surface area contributed by atoms with Crippen molar-refractivity contribution in [1.29, 1.82) is 0 Å². The normalized spacial score (nSPS) is 13.1. The summed E-state index contributed by atoms with van der Waals surface area (Å²) in [6.45, 7) is 5.43. The molecule has 1 aromatic heterocycles. The quantitative estimate of drug-likeness (QED) is 0.813. The highest BCUT2D eigenvalue weighted by atomic mass is 32.2. The first-order valence-corrected chi connectivity index (χ1v) is 6.82. The third-order valence-corrected chi connectivity index (χ3v) is 4.54. The van der Waals surface area contributed by atoms with Crippen molar-refractivity contribution < 1.29 is 0 Å². The number of rotatable bonds is 6. The second-order valence-corrected chi connectivity index (χ2v) is 5.91. The average molecular weight is 230 g/mol. The molecule has 0 fully saturated rings. The lowest BCUT2D eigenvalue weighted by Crippen LogP contribution is -2.02. The average Bonchev–Trinajstić information content (AvgIpc) is 2.63. The summed E-state index contributed by atoms with van der Waals surface area (Å²) < 4.78 is 0. The highest BCUT2D eigenvalue weighted by Gasteiger charge is 2.04. The molecule has 1 unspecified atom stereocenters. The molecule has 0 spiro atoms. The Kier molecular flexibility index (Phi) is 5.52. The van der Waals surface area contributed by atoms with Crippen LogP contribution in [0, 0.1) is 0 Å². The van der Waals surface area contributed by atoms with Crippen LogP contribution in [0.4, 0.5) is 0 Å². The van der Waals surface area contributed by atoms with E-state index in [1.54, 1.807) is 0 Å². The van der Waals surface area contributed by atoms with E-state index in [9.17, 15) is 0 Å². The summed E-state index contributed by atoms with van der Waals surface area (Å²) in [5.41, 5.74) is 0. The molecule has 80 valence electrons. The van der Waals surface area contributed by atoms with E-state index in [4.69, 9.17) is 0 Å². The van der Waals surface area contributed by atoms with Crippen LogP contribution >= 0.6 is 23.1 Å². The van der Waals surface area contributed by atoms with Crippen molar-refractivity contribution >= 4 is 23.1 Å². The zero-order valence-electron chi connectivity index (χ0n) is 9.04. The summed E-state index contributed by atoms with van der Waals surface area (Å²) in [4.78, 5) is 5.72. The van der Waals surface area contributed by atoms with Crippen molar-refractivity contribution in [2.75, 3.05) is 7.05 Å². The molecule has 0 aliphatic rings. The Bertz CT molecular complexity index is 260. The summed E-state index contributed by atoms with van der Waals surface area (Å²) in [6, 6.07) is 0. The molecule has 1 aromatic rings. The minimum absolute atomic E-state index is 0.742. The Balaban J connectivity index is 2.35. The summed E-state index contributed by atoms with van der Waals surface area (Å²) in [5.74, 6) is 1.06. The molecule has 2 nitrogen and oxygen atoms in total. The Hall–Kier alpha value is -0.0600. The molecule has 0 saturated carbocycles. The predicted octanol–water partition coefficient (Wildman–Crippen LogP) is 2.89. The predicted molar refractivity (Wildman–Crippen MR) is 65.9 cm³/mol. The zero-order chi connectivity index (χ0) is 10.4. The minimum atomic E-state index is 0.742. The molecule has 1 heterocycles. The molecule has 4 heteroatoms. The van der Waals surface area contributed by atoms with E-state index in [1.807, 2.05) is 36.3 Å². The molecule has 0 amide bonds.